The average molecular weight is 245 g/mol. The van der Waals surface area contributed by atoms with Crippen LogP contribution in [0, 0.1) is 11.9 Å². The second kappa shape index (κ2) is 6.17. The molecule has 0 aliphatic carbocycles. The van der Waals surface area contributed by atoms with Crippen molar-refractivity contribution in [3.63, 3.8) is 0 Å². The van der Waals surface area contributed by atoms with E-state index in [1.165, 1.54) is 12.1 Å². The van der Waals surface area contributed by atoms with Gasteiger partial charge in [0.05, 0.1) is 0 Å². The van der Waals surface area contributed by atoms with E-state index in [9.17, 15) is 4.39 Å². The van der Waals surface area contributed by atoms with Crippen LogP contribution in [-0.4, -0.2) is 13.9 Å². The first-order valence-corrected chi connectivity index (χ1v) is 5.65. The molecule has 93 valence electrons. The average Bonchev–Trinajstić information content (AvgIpc) is 2.40. The van der Waals surface area contributed by atoms with Gasteiger partial charge in [0.1, 0.15) is 11.6 Å². The largest absolute Gasteiger partial charge is 0.467 e. The summed E-state index contributed by atoms with van der Waals surface area (Å²) in [7, 11) is 1.58. The van der Waals surface area contributed by atoms with Gasteiger partial charge in [0.2, 0.25) is 0 Å². The summed E-state index contributed by atoms with van der Waals surface area (Å²) in [6.45, 7) is 0.209. The molecule has 0 saturated carbocycles. The van der Waals surface area contributed by atoms with Gasteiger partial charge in [-0.1, -0.05) is 18.2 Å². The van der Waals surface area contributed by atoms with Crippen LogP contribution in [-0.2, 0) is 11.2 Å². The monoisotopic (exact) mass is 245 g/mol. The van der Waals surface area contributed by atoms with Crippen molar-refractivity contribution >= 4 is 0 Å². The Morgan fingerprint density at radius 2 is 1.94 bits per heavy atom. The van der Waals surface area contributed by atoms with Crippen molar-refractivity contribution in [2.45, 2.75) is 6.42 Å². The van der Waals surface area contributed by atoms with Crippen LogP contribution >= 0.6 is 0 Å². The molecule has 0 bridgehead atoms. The van der Waals surface area contributed by atoms with E-state index in [0.29, 0.717) is 6.42 Å². The number of halogens is 1. The predicted molar refractivity (Wildman–Crippen MR) is 67.0 cm³/mol. The molecule has 0 amide bonds. The number of rotatable bonds is 5. The quantitative estimate of drug-likeness (QED) is 0.753. The standard InChI is InChI=1S/C15H14FO2/c1-17-11-18-15-5-3-2-4-13(15)10-12-6-8-14(16)9-7-12/h3-9H,10-11H2,1H3. The van der Waals surface area contributed by atoms with Crippen molar-refractivity contribution in [1.29, 1.82) is 0 Å². The molecule has 2 aromatic rings. The third-order valence-electron chi connectivity index (χ3n) is 2.55. The fraction of sp³-hybridized carbons (Fsp3) is 0.200. The molecule has 0 spiro atoms. The minimum Gasteiger partial charge on any atom is -0.467 e. The van der Waals surface area contributed by atoms with Crippen LogP contribution in [0.5, 0.6) is 5.75 Å². The smallest absolute Gasteiger partial charge is 0.188 e. The first-order chi connectivity index (χ1) is 8.79. The molecule has 2 rings (SSSR count). The first-order valence-electron chi connectivity index (χ1n) is 5.65. The lowest BCUT2D eigenvalue weighted by molar-refractivity contribution is 0.0505. The summed E-state index contributed by atoms with van der Waals surface area (Å²) in [6.07, 6.45) is 0.677. The summed E-state index contributed by atoms with van der Waals surface area (Å²) in [6, 6.07) is 15.0. The molecule has 2 nitrogen and oxygen atoms in total. The van der Waals surface area contributed by atoms with Crippen LogP contribution in [0.15, 0.2) is 42.5 Å². The van der Waals surface area contributed by atoms with Crippen LogP contribution < -0.4 is 4.74 Å². The Balaban J connectivity index is 2.15. The molecule has 0 N–H and O–H groups in total. The molecule has 0 aliphatic heterocycles. The predicted octanol–water partition coefficient (Wildman–Crippen LogP) is 3.20. The van der Waals surface area contributed by atoms with E-state index in [1.807, 2.05) is 12.1 Å². The Morgan fingerprint density at radius 1 is 1.17 bits per heavy atom. The molecule has 1 radical (unpaired) electrons. The number of methoxy groups -OCH3 is 1. The Kier molecular flexibility index (Phi) is 4.31. The summed E-state index contributed by atoms with van der Waals surface area (Å²) in [5.41, 5.74) is 2.03. The Hall–Kier alpha value is -1.87. The number of hydrogen-bond acceptors (Lipinski definition) is 2. The summed E-state index contributed by atoms with van der Waals surface area (Å²) < 4.78 is 23.2. The Morgan fingerprint density at radius 3 is 2.67 bits per heavy atom. The van der Waals surface area contributed by atoms with Gasteiger partial charge in [0.15, 0.2) is 6.79 Å². The molecule has 0 aliphatic rings. The highest BCUT2D eigenvalue weighted by Gasteiger charge is 2.04. The van der Waals surface area contributed by atoms with Crippen LogP contribution in [0.3, 0.4) is 0 Å². The number of benzene rings is 2. The lowest BCUT2D eigenvalue weighted by Crippen LogP contribution is -2.02. The van der Waals surface area contributed by atoms with Gasteiger partial charge in [0.25, 0.3) is 0 Å². The highest BCUT2D eigenvalue weighted by atomic mass is 19.1. The number of ether oxygens (including phenoxy) is 2. The van der Waals surface area contributed by atoms with E-state index >= 15 is 0 Å². The second-order valence-corrected chi connectivity index (χ2v) is 3.89. The Bertz CT molecular complexity index is 494. The summed E-state index contributed by atoms with van der Waals surface area (Å²) in [4.78, 5) is 0. The fourth-order valence-corrected chi connectivity index (χ4v) is 1.67. The zero-order valence-electron chi connectivity index (χ0n) is 10.2. The second-order valence-electron chi connectivity index (χ2n) is 3.89. The zero-order chi connectivity index (χ0) is 12.8. The van der Waals surface area contributed by atoms with Gasteiger partial charge >= 0.3 is 0 Å². The molecule has 0 atom stereocenters. The molecule has 2 aromatic carbocycles. The van der Waals surface area contributed by atoms with E-state index in [1.54, 1.807) is 25.3 Å². The van der Waals surface area contributed by atoms with E-state index in [2.05, 4.69) is 6.07 Å². The molecule has 3 heteroatoms. The molecular formula is C15H14FO2. The molecule has 0 fully saturated rings. The van der Waals surface area contributed by atoms with Gasteiger partial charge in [0, 0.05) is 13.5 Å². The highest BCUT2D eigenvalue weighted by Crippen LogP contribution is 2.21. The van der Waals surface area contributed by atoms with Crippen molar-refractivity contribution in [1.82, 2.24) is 0 Å². The van der Waals surface area contributed by atoms with Crippen molar-refractivity contribution in [3.8, 4) is 5.75 Å². The van der Waals surface area contributed by atoms with Crippen LogP contribution in [0.25, 0.3) is 0 Å². The summed E-state index contributed by atoms with van der Waals surface area (Å²) >= 11 is 0. The molecule has 0 unspecified atom stereocenters. The van der Waals surface area contributed by atoms with Crippen LogP contribution in [0.1, 0.15) is 11.1 Å². The lowest BCUT2D eigenvalue weighted by Gasteiger charge is -2.10. The van der Waals surface area contributed by atoms with Crippen LogP contribution in [0.2, 0.25) is 0 Å². The van der Waals surface area contributed by atoms with Gasteiger partial charge in [-0.3, -0.25) is 0 Å². The SMILES string of the molecule is COCOc1cc[c]cc1Cc1ccc(F)cc1. The zero-order valence-corrected chi connectivity index (χ0v) is 10.2. The summed E-state index contributed by atoms with van der Waals surface area (Å²) in [5.74, 6) is 0.536. The molecule has 0 heterocycles. The molecule has 0 saturated heterocycles. The lowest BCUT2D eigenvalue weighted by atomic mass is 10.0. The normalized spacial score (nSPS) is 10.3. The molecule has 0 aromatic heterocycles. The van der Waals surface area contributed by atoms with Gasteiger partial charge in [-0.05, 0) is 41.5 Å². The van der Waals surface area contributed by atoms with E-state index in [-0.39, 0.29) is 12.6 Å². The molecular weight excluding hydrogens is 231 g/mol. The maximum atomic E-state index is 12.8. The third-order valence-corrected chi connectivity index (χ3v) is 2.55. The van der Waals surface area contributed by atoms with Gasteiger partial charge in [-0.2, -0.15) is 0 Å². The maximum absolute atomic E-state index is 12.8. The van der Waals surface area contributed by atoms with Gasteiger partial charge < -0.3 is 9.47 Å². The van der Waals surface area contributed by atoms with Crippen molar-refractivity contribution in [2.24, 2.45) is 0 Å². The van der Waals surface area contributed by atoms with Crippen molar-refractivity contribution in [3.05, 3.63) is 65.5 Å². The maximum Gasteiger partial charge on any atom is 0.188 e. The highest BCUT2D eigenvalue weighted by molar-refractivity contribution is 5.37. The Labute approximate surface area is 106 Å². The van der Waals surface area contributed by atoms with Gasteiger partial charge in [-0.25, -0.2) is 4.39 Å². The van der Waals surface area contributed by atoms with Crippen molar-refractivity contribution in [2.75, 3.05) is 13.9 Å². The van der Waals surface area contributed by atoms with Gasteiger partial charge in [-0.15, -0.1) is 0 Å². The van der Waals surface area contributed by atoms with E-state index in [4.69, 9.17) is 9.47 Å². The first kappa shape index (κ1) is 12.6. The topological polar surface area (TPSA) is 18.5 Å². The minimum atomic E-state index is -0.228. The molecule has 18 heavy (non-hydrogen) atoms. The summed E-state index contributed by atoms with van der Waals surface area (Å²) in [5, 5.41) is 0. The number of hydrogen-bond donors (Lipinski definition) is 0. The van der Waals surface area contributed by atoms with E-state index in [0.717, 1.165) is 16.9 Å². The van der Waals surface area contributed by atoms with E-state index < -0.39 is 0 Å². The third kappa shape index (κ3) is 3.31. The minimum absolute atomic E-state index is 0.209. The fourth-order valence-electron chi connectivity index (χ4n) is 1.67. The van der Waals surface area contributed by atoms with Crippen molar-refractivity contribution < 1.29 is 13.9 Å². The van der Waals surface area contributed by atoms with Crippen LogP contribution in [0.4, 0.5) is 4.39 Å².